The molecular formula is C11H22N2O3S. The zero-order chi connectivity index (χ0) is 12.9. The van der Waals surface area contributed by atoms with Gasteiger partial charge in [0.25, 0.3) is 0 Å². The van der Waals surface area contributed by atoms with Crippen molar-refractivity contribution in [2.45, 2.75) is 26.7 Å². The molecule has 17 heavy (non-hydrogen) atoms. The molecule has 1 fully saturated rings. The Bertz CT molecular complexity index is 365. The van der Waals surface area contributed by atoms with Gasteiger partial charge in [0.15, 0.2) is 0 Å². The zero-order valence-electron chi connectivity index (χ0n) is 10.6. The third-order valence-corrected chi connectivity index (χ3v) is 5.07. The average molecular weight is 262 g/mol. The smallest absolute Gasteiger partial charge is 0.150 e. The first-order valence-electron chi connectivity index (χ1n) is 6.12. The van der Waals surface area contributed by atoms with Crippen LogP contribution in [0.4, 0.5) is 0 Å². The van der Waals surface area contributed by atoms with Crippen molar-refractivity contribution in [1.82, 2.24) is 4.90 Å². The fraction of sp³-hybridized carbons (Fsp3) is 0.909. The van der Waals surface area contributed by atoms with Crippen molar-refractivity contribution >= 4 is 15.5 Å². The van der Waals surface area contributed by atoms with Crippen LogP contribution in [-0.4, -0.2) is 55.4 Å². The molecule has 0 aromatic carbocycles. The number of piperidine rings is 1. The summed E-state index contributed by atoms with van der Waals surface area (Å²) < 4.78 is 22.7. The Hall–Kier alpha value is -0.620. The zero-order valence-corrected chi connectivity index (χ0v) is 11.4. The van der Waals surface area contributed by atoms with Gasteiger partial charge in [0.2, 0.25) is 0 Å². The predicted octanol–water partition coefficient (Wildman–Crippen LogP) is 0.983. The van der Waals surface area contributed by atoms with E-state index in [1.807, 2.05) is 6.92 Å². The third kappa shape index (κ3) is 4.63. The van der Waals surface area contributed by atoms with Crippen LogP contribution in [0, 0.1) is 5.92 Å². The molecule has 1 aliphatic rings. The second-order valence-electron chi connectivity index (χ2n) is 4.63. The van der Waals surface area contributed by atoms with E-state index < -0.39 is 9.84 Å². The summed E-state index contributed by atoms with van der Waals surface area (Å²) in [5.41, 5.74) is 0.849. The molecule has 0 aliphatic carbocycles. The lowest BCUT2D eigenvalue weighted by atomic mass is 9.97. The molecule has 1 rings (SSSR count). The summed E-state index contributed by atoms with van der Waals surface area (Å²) >= 11 is 0. The molecule has 5 nitrogen and oxygen atoms in total. The van der Waals surface area contributed by atoms with E-state index >= 15 is 0 Å². The van der Waals surface area contributed by atoms with E-state index in [4.69, 9.17) is 5.21 Å². The van der Waals surface area contributed by atoms with Gasteiger partial charge in [0, 0.05) is 31.2 Å². The van der Waals surface area contributed by atoms with Crippen molar-refractivity contribution in [3.8, 4) is 0 Å². The van der Waals surface area contributed by atoms with Gasteiger partial charge < -0.3 is 10.1 Å². The predicted molar refractivity (Wildman–Crippen MR) is 68.4 cm³/mol. The summed E-state index contributed by atoms with van der Waals surface area (Å²) in [5.74, 6) is 0.761. The van der Waals surface area contributed by atoms with Gasteiger partial charge in [-0.25, -0.2) is 8.42 Å². The molecule has 1 heterocycles. The second kappa shape index (κ2) is 6.35. The fourth-order valence-corrected chi connectivity index (χ4v) is 2.96. The van der Waals surface area contributed by atoms with E-state index in [-0.39, 0.29) is 17.4 Å². The van der Waals surface area contributed by atoms with Gasteiger partial charge in [-0.05, 0) is 13.0 Å². The normalized spacial score (nSPS) is 25.3. The standard InChI is InChI=1S/C11H22N2O3S/c1-3-17(15,16)8-4-6-13-7-5-11(12-14)10(2)9-13/h10,14H,3-9H2,1-2H3. The van der Waals surface area contributed by atoms with Gasteiger partial charge in [0.1, 0.15) is 9.84 Å². The Balaban J connectivity index is 2.31. The van der Waals surface area contributed by atoms with Crippen LogP contribution in [0.5, 0.6) is 0 Å². The molecule has 0 bridgehead atoms. The maximum absolute atomic E-state index is 11.3. The minimum absolute atomic E-state index is 0.227. The Morgan fingerprint density at radius 1 is 1.53 bits per heavy atom. The molecule has 6 heteroatoms. The molecule has 0 aromatic rings. The Labute approximate surface area is 103 Å². The molecule has 0 aromatic heterocycles. The molecule has 1 aliphatic heterocycles. The van der Waals surface area contributed by atoms with Crippen LogP contribution in [0.1, 0.15) is 26.7 Å². The van der Waals surface area contributed by atoms with E-state index in [1.54, 1.807) is 6.92 Å². The van der Waals surface area contributed by atoms with Crippen molar-refractivity contribution in [3.63, 3.8) is 0 Å². The molecule has 1 unspecified atom stereocenters. The monoisotopic (exact) mass is 262 g/mol. The topological polar surface area (TPSA) is 70.0 Å². The van der Waals surface area contributed by atoms with Crippen molar-refractivity contribution < 1.29 is 13.6 Å². The number of hydrogen-bond donors (Lipinski definition) is 1. The summed E-state index contributed by atoms with van der Waals surface area (Å²) in [4.78, 5) is 2.24. The summed E-state index contributed by atoms with van der Waals surface area (Å²) in [6, 6.07) is 0. The van der Waals surface area contributed by atoms with E-state index in [0.717, 1.165) is 31.8 Å². The van der Waals surface area contributed by atoms with Crippen molar-refractivity contribution in [2.24, 2.45) is 11.1 Å². The van der Waals surface area contributed by atoms with Gasteiger partial charge in [-0.2, -0.15) is 0 Å². The highest BCUT2D eigenvalue weighted by atomic mass is 32.2. The maximum Gasteiger partial charge on any atom is 0.150 e. The SMILES string of the molecule is CCS(=O)(=O)CCCN1CCC(=NO)C(C)C1. The lowest BCUT2D eigenvalue weighted by molar-refractivity contribution is 0.236. The molecule has 1 saturated heterocycles. The van der Waals surface area contributed by atoms with Crippen LogP contribution in [0.2, 0.25) is 0 Å². The van der Waals surface area contributed by atoms with Gasteiger partial charge in [-0.1, -0.05) is 19.0 Å². The van der Waals surface area contributed by atoms with E-state index in [1.165, 1.54) is 0 Å². The van der Waals surface area contributed by atoms with Crippen LogP contribution >= 0.6 is 0 Å². The first-order chi connectivity index (χ1) is 7.98. The maximum atomic E-state index is 11.3. The van der Waals surface area contributed by atoms with Crippen molar-refractivity contribution in [2.75, 3.05) is 31.1 Å². The van der Waals surface area contributed by atoms with Crippen LogP contribution in [-0.2, 0) is 9.84 Å². The van der Waals surface area contributed by atoms with Gasteiger partial charge in [-0.15, -0.1) is 0 Å². The highest BCUT2D eigenvalue weighted by Crippen LogP contribution is 2.14. The molecule has 0 saturated carbocycles. The first kappa shape index (κ1) is 14.4. The summed E-state index contributed by atoms with van der Waals surface area (Å²) in [6.07, 6.45) is 1.46. The minimum atomic E-state index is -2.84. The molecule has 0 radical (unpaired) electrons. The summed E-state index contributed by atoms with van der Waals surface area (Å²) in [5, 5.41) is 12.0. The first-order valence-corrected chi connectivity index (χ1v) is 7.94. The Kier molecular flexibility index (Phi) is 5.39. The van der Waals surface area contributed by atoms with Gasteiger partial charge in [-0.3, -0.25) is 0 Å². The molecule has 0 amide bonds. The summed E-state index contributed by atoms with van der Waals surface area (Å²) in [7, 11) is -2.84. The number of oxime groups is 1. The van der Waals surface area contributed by atoms with Gasteiger partial charge >= 0.3 is 0 Å². The van der Waals surface area contributed by atoms with Crippen LogP contribution < -0.4 is 0 Å². The average Bonchev–Trinajstić information content (AvgIpc) is 2.29. The van der Waals surface area contributed by atoms with Crippen LogP contribution in [0.25, 0.3) is 0 Å². The molecular weight excluding hydrogens is 240 g/mol. The molecule has 1 atom stereocenters. The molecule has 1 N–H and O–H groups in total. The quantitative estimate of drug-likeness (QED) is 0.592. The number of hydrogen-bond acceptors (Lipinski definition) is 5. The number of rotatable bonds is 5. The van der Waals surface area contributed by atoms with E-state index in [0.29, 0.717) is 6.42 Å². The van der Waals surface area contributed by atoms with Crippen molar-refractivity contribution in [1.29, 1.82) is 0 Å². The Morgan fingerprint density at radius 2 is 2.24 bits per heavy atom. The van der Waals surface area contributed by atoms with Crippen LogP contribution in [0.15, 0.2) is 5.16 Å². The lowest BCUT2D eigenvalue weighted by Crippen LogP contribution is -2.40. The highest BCUT2D eigenvalue weighted by molar-refractivity contribution is 7.91. The van der Waals surface area contributed by atoms with Crippen LogP contribution in [0.3, 0.4) is 0 Å². The fourth-order valence-electron chi connectivity index (χ4n) is 2.11. The Morgan fingerprint density at radius 3 is 2.76 bits per heavy atom. The highest BCUT2D eigenvalue weighted by Gasteiger charge is 2.22. The largest absolute Gasteiger partial charge is 0.411 e. The molecule has 0 spiro atoms. The van der Waals surface area contributed by atoms with E-state index in [2.05, 4.69) is 10.1 Å². The minimum Gasteiger partial charge on any atom is -0.411 e. The number of likely N-dealkylation sites (tertiary alicyclic amines) is 1. The second-order valence-corrected chi connectivity index (χ2v) is 7.11. The third-order valence-electron chi connectivity index (χ3n) is 3.28. The number of sulfone groups is 1. The van der Waals surface area contributed by atoms with Gasteiger partial charge in [0.05, 0.1) is 11.5 Å². The molecule has 100 valence electrons. The lowest BCUT2D eigenvalue weighted by Gasteiger charge is -2.31. The number of nitrogens with zero attached hydrogens (tertiary/aromatic N) is 2. The van der Waals surface area contributed by atoms with E-state index in [9.17, 15) is 8.42 Å². The summed E-state index contributed by atoms with van der Waals surface area (Å²) in [6.45, 7) is 6.23. The van der Waals surface area contributed by atoms with Crippen molar-refractivity contribution in [3.05, 3.63) is 0 Å².